The number of rotatable bonds is 3. The van der Waals surface area contributed by atoms with Gasteiger partial charge in [-0.2, -0.15) is 0 Å². The second-order valence-corrected chi connectivity index (χ2v) is 5.17. The van der Waals surface area contributed by atoms with Crippen LogP contribution >= 0.6 is 11.6 Å². The monoisotopic (exact) mass is 255 g/mol. The van der Waals surface area contributed by atoms with E-state index < -0.39 is 27.3 Å². The summed E-state index contributed by atoms with van der Waals surface area (Å²) in [6.45, 7) is 1.39. The number of benzene rings is 1. The van der Waals surface area contributed by atoms with Crippen molar-refractivity contribution in [3.05, 3.63) is 28.8 Å². The van der Waals surface area contributed by atoms with Crippen LogP contribution in [-0.4, -0.2) is 14.2 Å². The molecule has 0 amide bonds. The van der Waals surface area contributed by atoms with Crippen molar-refractivity contribution in [3.8, 4) is 0 Å². The molecule has 0 fully saturated rings. The van der Waals surface area contributed by atoms with Crippen LogP contribution in [0.1, 0.15) is 6.92 Å². The van der Waals surface area contributed by atoms with Gasteiger partial charge in [0.15, 0.2) is 5.82 Å². The van der Waals surface area contributed by atoms with Crippen molar-refractivity contribution >= 4 is 27.3 Å². The number of anilines is 1. The van der Waals surface area contributed by atoms with E-state index in [9.17, 15) is 17.2 Å². The average molecular weight is 256 g/mol. The van der Waals surface area contributed by atoms with Crippen molar-refractivity contribution in [1.29, 1.82) is 0 Å². The Morgan fingerprint density at radius 2 is 2.00 bits per heavy atom. The van der Waals surface area contributed by atoms with Crippen molar-refractivity contribution in [2.45, 2.75) is 6.92 Å². The molecule has 0 unspecified atom stereocenters. The lowest BCUT2D eigenvalue weighted by Crippen LogP contribution is -2.16. The van der Waals surface area contributed by atoms with Crippen LogP contribution in [0.4, 0.5) is 14.5 Å². The molecule has 0 bridgehead atoms. The molecule has 1 N–H and O–H groups in total. The Labute approximate surface area is 91.1 Å². The van der Waals surface area contributed by atoms with E-state index in [4.69, 9.17) is 11.6 Å². The van der Waals surface area contributed by atoms with E-state index >= 15 is 0 Å². The van der Waals surface area contributed by atoms with E-state index in [1.54, 1.807) is 0 Å². The molecule has 3 nitrogen and oxygen atoms in total. The minimum Gasteiger partial charge on any atom is -0.279 e. The van der Waals surface area contributed by atoms with E-state index in [-0.39, 0.29) is 10.8 Å². The number of hydrogen-bond donors (Lipinski definition) is 1. The normalized spacial score (nSPS) is 11.5. The van der Waals surface area contributed by atoms with Gasteiger partial charge in [0.2, 0.25) is 10.0 Å². The predicted octanol–water partition coefficient (Wildman–Crippen LogP) is 2.38. The molecule has 0 aliphatic heterocycles. The molecule has 0 aliphatic carbocycles. The molecule has 1 aromatic carbocycles. The molecule has 0 aromatic heterocycles. The lowest BCUT2D eigenvalue weighted by molar-refractivity contribution is 0.583. The Hall–Kier alpha value is -0.880. The highest BCUT2D eigenvalue weighted by Gasteiger charge is 2.15. The fourth-order valence-electron chi connectivity index (χ4n) is 0.867. The van der Waals surface area contributed by atoms with Crippen LogP contribution in [0.3, 0.4) is 0 Å². The van der Waals surface area contributed by atoms with Gasteiger partial charge in [-0.25, -0.2) is 17.2 Å². The van der Waals surface area contributed by atoms with Crippen molar-refractivity contribution in [3.63, 3.8) is 0 Å². The summed E-state index contributed by atoms with van der Waals surface area (Å²) in [5.74, 6) is -2.13. The molecular formula is C8H8ClF2NO2S. The number of hydrogen-bond acceptors (Lipinski definition) is 2. The smallest absolute Gasteiger partial charge is 0.232 e. The third-order valence-corrected chi connectivity index (χ3v) is 3.22. The van der Waals surface area contributed by atoms with Crippen LogP contribution in [0, 0.1) is 11.6 Å². The first-order valence-electron chi connectivity index (χ1n) is 4.00. The summed E-state index contributed by atoms with van der Waals surface area (Å²) in [6.07, 6.45) is 0. The second kappa shape index (κ2) is 4.32. The molecule has 0 aliphatic rings. The summed E-state index contributed by atoms with van der Waals surface area (Å²) in [7, 11) is -3.63. The minimum absolute atomic E-state index is 0.222. The zero-order chi connectivity index (χ0) is 11.6. The van der Waals surface area contributed by atoms with E-state index in [1.807, 2.05) is 4.72 Å². The van der Waals surface area contributed by atoms with Crippen LogP contribution in [0.2, 0.25) is 5.02 Å². The van der Waals surface area contributed by atoms with Crippen molar-refractivity contribution in [2.24, 2.45) is 0 Å². The minimum atomic E-state index is -3.63. The molecule has 0 saturated heterocycles. The van der Waals surface area contributed by atoms with Gasteiger partial charge in [-0.3, -0.25) is 4.72 Å². The lowest BCUT2D eigenvalue weighted by Gasteiger charge is -2.08. The molecule has 0 heterocycles. The standard InChI is InChI=1S/C8H8ClF2NO2S/c1-2-15(13,14)12-8-6(9)3-5(10)4-7(8)11/h3-4,12H,2H2,1H3. The van der Waals surface area contributed by atoms with Gasteiger partial charge in [-0.1, -0.05) is 11.6 Å². The topological polar surface area (TPSA) is 46.2 Å². The van der Waals surface area contributed by atoms with Gasteiger partial charge in [-0.05, 0) is 13.0 Å². The van der Waals surface area contributed by atoms with Crippen molar-refractivity contribution in [2.75, 3.05) is 10.5 Å². The highest BCUT2D eigenvalue weighted by atomic mass is 35.5. The van der Waals surface area contributed by atoms with E-state index in [0.29, 0.717) is 6.07 Å². The van der Waals surface area contributed by atoms with Gasteiger partial charge in [0.1, 0.15) is 11.5 Å². The Kier molecular flexibility index (Phi) is 3.51. The first-order chi connectivity index (χ1) is 6.85. The summed E-state index contributed by atoms with van der Waals surface area (Å²) in [5.41, 5.74) is -0.431. The Morgan fingerprint density at radius 1 is 1.40 bits per heavy atom. The molecule has 0 spiro atoms. The summed E-state index contributed by atoms with van der Waals surface area (Å²) >= 11 is 5.49. The Balaban J connectivity index is 3.17. The third kappa shape index (κ3) is 3.04. The van der Waals surface area contributed by atoms with Crippen LogP contribution in [0.25, 0.3) is 0 Å². The van der Waals surface area contributed by atoms with Crippen molar-refractivity contribution in [1.82, 2.24) is 0 Å². The van der Waals surface area contributed by atoms with Gasteiger partial charge in [0.05, 0.1) is 10.8 Å². The molecule has 0 saturated carbocycles. The zero-order valence-corrected chi connectivity index (χ0v) is 9.29. The maximum absolute atomic E-state index is 13.1. The summed E-state index contributed by atoms with van der Waals surface area (Å²) in [4.78, 5) is 0. The molecule has 1 aromatic rings. The predicted molar refractivity (Wildman–Crippen MR) is 54.5 cm³/mol. The van der Waals surface area contributed by atoms with E-state index in [1.165, 1.54) is 6.92 Å². The summed E-state index contributed by atoms with van der Waals surface area (Å²) < 4.78 is 49.9. The summed E-state index contributed by atoms with van der Waals surface area (Å²) in [6, 6.07) is 1.39. The third-order valence-electron chi connectivity index (χ3n) is 1.64. The fourth-order valence-corrected chi connectivity index (χ4v) is 1.83. The lowest BCUT2D eigenvalue weighted by atomic mass is 10.3. The molecule has 0 atom stereocenters. The Morgan fingerprint density at radius 3 is 2.47 bits per heavy atom. The maximum atomic E-state index is 13.1. The average Bonchev–Trinajstić information content (AvgIpc) is 2.11. The first kappa shape index (κ1) is 12.2. The zero-order valence-electron chi connectivity index (χ0n) is 7.72. The van der Waals surface area contributed by atoms with Crippen LogP contribution in [-0.2, 0) is 10.0 Å². The molecular weight excluding hydrogens is 248 g/mol. The number of halogens is 3. The quantitative estimate of drug-likeness (QED) is 0.901. The second-order valence-electron chi connectivity index (χ2n) is 2.75. The first-order valence-corrected chi connectivity index (χ1v) is 6.04. The fraction of sp³-hybridized carbons (Fsp3) is 0.250. The van der Waals surface area contributed by atoms with Gasteiger partial charge >= 0.3 is 0 Å². The number of sulfonamides is 1. The molecule has 7 heteroatoms. The highest BCUT2D eigenvalue weighted by Crippen LogP contribution is 2.27. The molecule has 1 rings (SSSR count). The highest BCUT2D eigenvalue weighted by molar-refractivity contribution is 7.92. The van der Waals surface area contributed by atoms with Crippen molar-refractivity contribution < 1.29 is 17.2 Å². The van der Waals surface area contributed by atoms with E-state index in [0.717, 1.165) is 6.07 Å². The van der Waals surface area contributed by atoms with Crippen LogP contribution in [0.15, 0.2) is 12.1 Å². The SMILES string of the molecule is CCS(=O)(=O)Nc1c(F)cc(F)cc1Cl. The van der Waals surface area contributed by atoms with Gasteiger partial charge in [0, 0.05) is 6.07 Å². The van der Waals surface area contributed by atoms with Crippen LogP contribution in [0.5, 0.6) is 0 Å². The van der Waals surface area contributed by atoms with E-state index in [2.05, 4.69) is 0 Å². The summed E-state index contributed by atoms with van der Waals surface area (Å²) in [5, 5.41) is -0.315. The van der Waals surface area contributed by atoms with Gasteiger partial charge in [0.25, 0.3) is 0 Å². The van der Waals surface area contributed by atoms with Gasteiger partial charge in [-0.15, -0.1) is 0 Å². The Bertz CT molecular complexity index is 453. The maximum Gasteiger partial charge on any atom is 0.232 e. The molecule has 84 valence electrons. The largest absolute Gasteiger partial charge is 0.279 e. The number of nitrogens with one attached hydrogen (secondary N) is 1. The van der Waals surface area contributed by atoms with Crippen LogP contribution < -0.4 is 4.72 Å². The molecule has 15 heavy (non-hydrogen) atoms. The van der Waals surface area contributed by atoms with Gasteiger partial charge < -0.3 is 0 Å². The molecule has 0 radical (unpaired) electrons.